The van der Waals surface area contributed by atoms with Crippen LogP contribution in [0.3, 0.4) is 0 Å². The van der Waals surface area contributed by atoms with Crippen molar-refractivity contribution < 1.29 is 64.0 Å². The van der Waals surface area contributed by atoms with Crippen LogP contribution in [0, 0.1) is 5.41 Å². The van der Waals surface area contributed by atoms with Gasteiger partial charge < -0.3 is 59.2 Å². The van der Waals surface area contributed by atoms with Gasteiger partial charge in [-0.2, -0.15) is 0 Å². The molecule has 2 aliphatic rings. The van der Waals surface area contributed by atoms with Crippen molar-refractivity contribution in [3.63, 3.8) is 0 Å². The first kappa shape index (κ1) is 28.0. The molecule has 1 aromatic rings. The zero-order valence-electron chi connectivity index (χ0n) is 19.5. The maximum Gasteiger partial charge on any atom is 0.190 e. The van der Waals surface area contributed by atoms with E-state index >= 15 is 0 Å². The summed E-state index contributed by atoms with van der Waals surface area (Å²) >= 11 is 0. The van der Waals surface area contributed by atoms with Crippen LogP contribution in [0.4, 0.5) is 0 Å². The summed E-state index contributed by atoms with van der Waals surface area (Å²) in [5.74, 6) is -0.0893. The summed E-state index contributed by atoms with van der Waals surface area (Å²) in [6.45, 7) is 3.51. The summed E-state index contributed by atoms with van der Waals surface area (Å²) in [7, 11) is 0. The van der Waals surface area contributed by atoms with Crippen molar-refractivity contribution >= 4 is 5.78 Å². The van der Waals surface area contributed by atoms with Crippen LogP contribution in [0.2, 0.25) is 0 Å². The van der Waals surface area contributed by atoms with E-state index in [0.717, 1.165) is 0 Å². The first-order chi connectivity index (χ1) is 16.4. The van der Waals surface area contributed by atoms with E-state index < -0.39 is 80.0 Å². The SMILES string of the molecule is CC(C)(C)C(=O)c1cc(CO[C@@H]2O[C@H](CO)[C@H](O[C@@H]3O[C@H](CO)[C@H](O)[C@H](O)[C@H]3O)[C@H](O)[C@H]2O)on1. The lowest BCUT2D eigenvalue weighted by Crippen LogP contribution is -2.64. The van der Waals surface area contributed by atoms with Crippen molar-refractivity contribution in [1.29, 1.82) is 0 Å². The lowest BCUT2D eigenvalue weighted by Gasteiger charge is -2.45. The van der Waals surface area contributed by atoms with Gasteiger partial charge >= 0.3 is 0 Å². The Bertz CT molecular complexity index is 837. The number of hydrogen-bond donors (Lipinski definition) is 7. The Balaban J connectivity index is 1.64. The highest BCUT2D eigenvalue weighted by Crippen LogP contribution is 2.30. The van der Waals surface area contributed by atoms with Crippen LogP contribution in [0.1, 0.15) is 37.0 Å². The molecule has 0 amide bonds. The molecule has 10 atom stereocenters. The highest BCUT2D eigenvalue weighted by atomic mass is 16.7. The lowest BCUT2D eigenvalue weighted by atomic mass is 9.89. The number of carbonyl (C=O) groups excluding carboxylic acids is 1. The van der Waals surface area contributed by atoms with Gasteiger partial charge in [0.05, 0.1) is 13.2 Å². The minimum Gasteiger partial charge on any atom is -0.394 e. The summed E-state index contributed by atoms with van der Waals surface area (Å²) in [6, 6.07) is 1.38. The normalized spacial score (nSPS) is 38.5. The van der Waals surface area contributed by atoms with Gasteiger partial charge in [-0.25, -0.2) is 0 Å². The number of ether oxygens (including phenoxy) is 4. The van der Waals surface area contributed by atoms with E-state index in [0.29, 0.717) is 0 Å². The molecule has 0 spiro atoms. The van der Waals surface area contributed by atoms with Crippen LogP contribution in [0.25, 0.3) is 0 Å². The third-order valence-electron chi connectivity index (χ3n) is 5.82. The predicted octanol–water partition coefficient (Wildman–Crippen LogP) is -2.96. The van der Waals surface area contributed by atoms with Crippen molar-refractivity contribution in [3.8, 4) is 0 Å². The maximum atomic E-state index is 12.3. The van der Waals surface area contributed by atoms with E-state index in [1.54, 1.807) is 20.8 Å². The van der Waals surface area contributed by atoms with Crippen molar-refractivity contribution in [2.45, 2.75) is 88.8 Å². The molecule has 2 saturated heterocycles. The molecule has 1 aromatic heterocycles. The molecule has 7 N–H and O–H groups in total. The second-order valence-electron chi connectivity index (χ2n) is 9.57. The molecule has 0 radical (unpaired) electrons. The van der Waals surface area contributed by atoms with E-state index in [1.807, 2.05) is 0 Å². The fourth-order valence-electron chi connectivity index (χ4n) is 3.73. The topological polar surface area (TPSA) is 222 Å². The predicted molar refractivity (Wildman–Crippen MR) is 111 cm³/mol. The quantitative estimate of drug-likeness (QED) is 0.175. The average molecular weight is 507 g/mol. The zero-order chi connectivity index (χ0) is 26.1. The number of carbonyl (C=O) groups is 1. The third-order valence-corrected chi connectivity index (χ3v) is 5.82. The Morgan fingerprint density at radius 1 is 0.914 bits per heavy atom. The van der Waals surface area contributed by atoms with Crippen molar-refractivity contribution in [3.05, 3.63) is 17.5 Å². The molecule has 0 aliphatic carbocycles. The van der Waals surface area contributed by atoms with Crippen molar-refractivity contribution in [2.75, 3.05) is 13.2 Å². The van der Waals surface area contributed by atoms with Crippen LogP contribution in [-0.2, 0) is 25.6 Å². The Labute approximate surface area is 200 Å². The van der Waals surface area contributed by atoms with Gasteiger partial charge in [0, 0.05) is 11.5 Å². The number of aliphatic hydroxyl groups is 7. The molecule has 3 rings (SSSR count). The van der Waals surface area contributed by atoms with Gasteiger partial charge in [-0.1, -0.05) is 25.9 Å². The average Bonchev–Trinajstić information content (AvgIpc) is 3.29. The Morgan fingerprint density at radius 3 is 2.11 bits per heavy atom. The minimum atomic E-state index is -1.76. The molecule has 2 fully saturated rings. The van der Waals surface area contributed by atoms with Crippen molar-refractivity contribution in [2.24, 2.45) is 5.41 Å². The zero-order valence-corrected chi connectivity index (χ0v) is 19.5. The summed E-state index contributed by atoms with van der Waals surface area (Å²) in [6.07, 6.45) is -15.5. The number of ketones is 1. The fourth-order valence-corrected chi connectivity index (χ4v) is 3.73. The summed E-state index contributed by atoms with van der Waals surface area (Å²) in [5, 5.41) is 73.8. The van der Waals surface area contributed by atoms with Crippen LogP contribution in [-0.4, -0.2) is 121 Å². The minimum absolute atomic E-state index is 0.0995. The summed E-state index contributed by atoms with van der Waals surface area (Å²) < 4.78 is 26.8. The fraction of sp³-hybridized carbons (Fsp3) is 0.810. The molecule has 0 bridgehead atoms. The van der Waals surface area contributed by atoms with Gasteiger partial charge in [-0.15, -0.1) is 0 Å². The molecular weight excluding hydrogens is 474 g/mol. The summed E-state index contributed by atoms with van der Waals surface area (Å²) in [5.41, 5.74) is -0.575. The third kappa shape index (κ3) is 6.06. The van der Waals surface area contributed by atoms with Gasteiger partial charge in [0.25, 0.3) is 0 Å². The number of rotatable bonds is 8. The van der Waals surface area contributed by atoms with E-state index in [2.05, 4.69) is 5.16 Å². The highest BCUT2D eigenvalue weighted by molar-refractivity contribution is 5.98. The molecule has 200 valence electrons. The number of aromatic nitrogens is 1. The molecular formula is C21H33NO13. The van der Waals surface area contributed by atoms with Crippen molar-refractivity contribution in [1.82, 2.24) is 5.16 Å². The second kappa shape index (κ2) is 11.2. The summed E-state index contributed by atoms with van der Waals surface area (Å²) in [4.78, 5) is 12.3. The number of Topliss-reactive ketones (excluding diaryl/α,β-unsaturated/α-hetero) is 1. The van der Waals surface area contributed by atoms with Gasteiger partial charge in [0.15, 0.2) is 24.1 Å². The first-order valence-corrected chi connectivity index (χ1v) is 11.1. The molecule has 35 heavy (non-hydrogen) atoms. The maximum absolute atomic E-state index is 12.3. The molecule has 2 aliphatic heterocycles. The van der Waals surface area contributed by atoms with E-state index in [-0.39, 0.29) is 23.8 Å². The van der Waals surface area contributed by atoms with E-state index in [4.69, 9.17) is 23.5 Å². The molecule has 0 saturated carbocycles. The molecule has 0 aromatic carbocycles. The van der Waals surface area contributed by atoms with Gasteiger partial charge in [0.1, 0.15) is 61.1 Å². The second-order valence-corrected chi connectivity index (χ2v) is 9.57. The van der Waals surface area contributed by atoms with Crippen LogP contribution in [0.5, 0.6) is 0 Å². The molecule has 0 unspecified atom stereocenters. The lowest BCUT2D eigenvalue weighted by molar-refractivity contribution is -0.360. The van der Waals surface area contributed by atoms with Gasteiger partial charge in [-0.05, 0) is 0 Å². The smallest absolute Gasteiger partial charge is 0.190 e. The largest absolute Gasteiger partial charge is 0.394 e. The van der Waals surface area contributed by atoms with Crippen LogP contribution in [0.15, 0.2) is 10.6 Å². The standard InChI is InChI=1S/C21H33NO13/c1-21(2,3)18(30)9-4-8(35-22-9)7-31-19-16(29)14(27)17(11(6-24)33-19)34-20-15(28)13(26)12(25)10(5-23)32-20/h4,10-17,19-20,23-29H,5-7H2,1-3H3/t10-,11-,12+,13+,14-,15-,16-,17+,19-,20+/m1/s1. The van der Waals surface area contributed by atoms with Crippen LogP contribution >= 0.6 is 0 Å². The molecule has 3 heterocycles. The van der Waals surface area contributed by atoms with E-state index in [1.165, 1.54) is 6.07 Å². The Hall–Kier alpha value is -1.56. The number of nitrogens with zero attached hydrogens (tertiary/aromatic N) is 1. The highest BCUT2D eigenvalue weighted by Gasteiger charge is 2.50. The van der Waals surface area contributed by atoms with E-state index in [9.17, 15) is 40.5 Å². The number of hydrogen-bond acceptors (Lipinski definition) is 14. The van der Waals surface area contributed by atoms with Gasteiger partial charge in [0.2, 0.25) is 0 Å². The molecule has 14 heteroatoms. The Kier molecular flexibility index (Phi) is 8.99. The first-order valence-electron chi connectivity index (χ1n) is 11.1. The van der Waals surface area contributed by atoms with Gasteiger partial charge in [-0.3, -0.25) is 4.79 Å². The van der Waals surface area contributed by atoms with Crippen LogP contribution < -0.4 is 0 Å². The Morgan fingerprint density at radius 2 is 1.51 bits per heavy atom. The molecule has 14 nitrogen and oxygen atoms in total. The monoisotopic (exact) mass is 507 g/mol. The number of aliphatic hydroxyl groups excluding tert-OH is 7.